The van der Waals surface area contributed by atoms with Gasteiger partial charge in [-0.3, -0.25) is 4.79 Å². The first-order chi connectivity index (χ1) is 14.2. The van der Waals surface area contributed by atoms with Crippen LogP contribution >= 0.6 is 0 Å². The predicted octanol–water partition coefficient (Wildman–Crippen LogP) is 2.32. The third kappa shape index (κ3) is 9.34. The van der Waals surface area contributed by atoms with E-state index in [4.69, 9.17) is 9.47 Å². The normalized spacial score (nSPS) is 17.4. The number of ether oxygens (including phenoxy) is 2. The molecule has 30 heavy (non-hydrogen) atoms. The fourth-order valence-electron chi connectivity index (χ4n) is 2.70. The molecule has 1 heterocycles. The zero-order chi connectivity index (χ0) is 22.0. The summed E-state index contributed by atoms with van der Waals surface area (Å²) in [5.41, 5.74) is 0.795. The van der Waals surface area contributed by atoms with Crippen molar-refractivity contribution in [2.24, 2.45) is 4.99 Å². The molecule has 2 N–H and O–H groups in total. The Kier molecular flexibility index (Phi) is 9.22. The Morgan fingerprint density at radius 3 is 2.57 bits per heavy atom. The minimum atomic E-state index is -4.37. The molecule has 1 unspecified atom stereocenters. The molecule has 0 aliphatic carbocycles. The van der Waals surface area contributed by atoms with Crippen LogP contribution in [0.25, 0.3) is 0 Å². The predicted molar refractivity (Wildman–Crippen MR) is 107 cm³/mol. The number of likely N-dealkylation sites (N-methyl/N-ethyl adjacent to an activating group) is 1. The summed E-state index contributed by atoms with van der Waals surface area (Å²) >= 11 is 0. The molecule has 1 aromatic carbocycles. The van der Waals surface area contributed by atoms with E-state index in [2.05, 4.69) is 15.6 Å². The van der Waals surface area contributed by atoms with Crippen molar-refractivity contribution < 1.29 is 27.4 Å². The van der Waals surface area contributed by atoms with Crippen LogP contribution < -0.4 is 15.4 Å². The van der Waals surface area contributed by atoms with Crippen LogP contribution in [-0.4, -0.2) is 69.4 Å². The average Bonchev–Trinajstić information content (AvgIpc) is 2.72. The number of rotatable bonds is 8. The van der Waals surface area contributed by atoms with Crippen molar-refractivity contribution in [3.63, 3.8) is 0 Å². The molecule has 10 heteroatoms. The Bertz CT molecular complexity index is 688. The second-order valence-corrected chi connectivity index (χ2v) is 7.22. The van der Waals surface area contributed by atoms with Crippen molar-refractivity contribution in [2.75, 3.05) is 40.4 Å². The third-order valence-corrected chi connectivity index (χ3v) is 4.42. The van der Waals surface area contributed by atoms with Gasteiger partial charge in [0.1, 0.15) is 5.75 Å². The number of nitrogens with one attached hydrogen (secondary N) is 2. The standard InChI is InChI=1S/C20H29F3N4O3/c1-27(2)18(28)13-26-19(25-12-17-5-3-4-10-29-17)24-11-15-6-8-16(9-7-15)30-14-20(21,22)23/h6-9,17H,3-5,10-14H2,1-2H3,(H2,24,25,26). The number of nitrogens with zero attached hydrogens (tertiary/aromatic N) is 2. The van der Waals surface area contributed by atoms with Crippen LogP contribution in [0.4, 0.5) is 13.2 Å². The van der Waals surface area contributed by atoms with E-state index in [0.29, 0.717) is 12.5 Å². The number of halogens is 3. The summed E-state index contributed by atoms with van der Waals surface area (Å²) in [6, 6.07) is 6.26. The largest absolute Gasteiger partial charge is 0.484 e. The lowest BCUT2D eigenvalue weighted by atomic mass is 10.1. The lowest BCUT2D eigenvalue weighted by molar-refractivity contribution is -0.153. The molecule has 1 fully saturated rings. The summed E-state index contributed by atoms with van der Waals surface area (Å²) in [6.45, 7) is 0.372. The Labute approximate surface area is 174 Å². The maximum atomic E-state index is 12.2. The molecule has 0 aromatic heterocycles. The van der Waals surface area contributed by atoms with Crippen LogP contribution in [0.1, 0.15) is 24.8 Å². The number of amides is 1. The second-order valence-electron chi connectivity index (χ2n) is 7.22. The topological polar surface area (TPSA) is 75.2 Å². The molecule has 1 aliphatic rings. The highest BCUT2D eigenvalue weighted by molar-refractivity contribution is 5.86. The van der Waals surface area contributed by atoms with Crippen molar-refractivity contribution in [3.8, 4) is 5.75 Å². The number of carbonyl (C=O) groups is 1. The lowest BCUT2D eigenvalue weighted by Crippen LogP contribution is -2.45. The molecule has 0 bridgehead atoms. The van der Waals surface area contributed by atoms with Crippen LogP contribution in [0.5, 0.6) is 5.75 Å². The van der Waals surface area contributed by atoms with Gasteiger partial charge in [-0.1, -0.05) is 12.1 Å². The summed E-state index contributed by atoms with van der Waals surface area (Å²) < 4.78 is 47.1. The molecule has 1 aromatic rings. The molecule has 1 saturated heterocycles. The van der Waals surface area contributed by atoms with Gasteiger partial charge in [0.25, 0.3) is 0 Å². The first-order valence-corrected chi connectivity index (χ1v) is 9.85. The maximum Gasteiger partial charge on any atom is 0.422 e. The third-order valence-electron chi connectivity index (χ3n) is 4.42. The smallest absolute Gasteiger partial charge is 0.422 e. The van der Waals surface area contributed by atoms with E-state index in [1.165, 1.54) is 17.0 Å². The van der Waals surface area contributed by atoms with Crippen molar-refractivity contribution in [3.05, 3.63) is 29.8 Å². The summed E-state index contributed by atoms with van der Waals surface area (Å²) in [6.07, 6.45) is -1.12. The Hall–Kier alpha value is -2.49. The molecule has 0 spiro atoms. The summed E-state index contributed by atoms with van der Waals surface area (Å²) in [5, 5.41) is 6.20. The van der Waals surface area contributed by atoms with Crippen molar-refractivity contribution in [2.45, 2.75) is 38.1 Å². The molecule has 1 aliphatic heterocycles. The number of aliphatic imine (C=N–C) groups is 1. The zero-order valence-corrected chi connectivity index (χ0v) is 17.3. The van der Waals surface area contributed by atoms with E-state index < -0.39 is 12.8 Å². The van der Waals surface area contributed by atoms with Gasteiger partial charge in [0.15, 0.2) is 12.6 Å². The molecule has 0 radical (unpaired) electrons. The van der Waals surface area contributed by atoms with Crippen LogP contribution in [-0.2, 0) is 16.1 Å². The highest BCUT2D eigenvalue weighted by Gasteiger charge is 2.28. The minimum absolute atomic E-state index is 0.0918. The number of guanidine groups is 1. The fourth-order valence-corrected chi connectivity index (χ4v) is 2.70. The van der Waals surface area contributed by atoms with Crippen molar-refractivity contribution in [1.82, 2.24) is 15.5 Å². The van der Waals surface area contributed by atoms with Gasteiger partial charge in [-0.25, -0.2) is 4.99 Å². The lowest BCUT2D eigenvalue weighted by Gasteiger charge is -2.24. The number of carbonyl (C=O) groups excluding carboxylic acids is 1. The van der Waals surface area contributed by atoms with Gasteiger partial charge in [0.05, 0.1) is 19.2 Å². The minimum Gasteiger partial charge on any atom is -0.484 e. The maximum absolute atomic E-state index is 12.2. The van der Waals surface area contributed by atoms with E-state index in [0.717, 1.165) is 31.4 Å². The van der Waals surface area contributed by atoms with Crippen LogP contribution in [0, 0.1) is 0 Å². The molecular weight excluding hydrogens is 401 g/mol. The number of alkyl halides is 3. The van der Waals surface area contributed by atoms with E-state index >= 15 is 0 Å². The van der Waals surface area contributed by atoms with Crippen molar-refractivity contribution in [1.29, 1.82) is 0 Å². The fraction of sp³-hybridized carbons (Fsp3) is 0.600. The quantitative estimate of drug-likeness (QED) is 0.489. The van der Waals surface area contributed by atoms with Gasteiger partial charge < -0.3 is 25.0 Å². The van der Waals surface area contributed by atoms with Gasteiger partial charge >= 0.3 is 6.18 Å². The molecular formula is C20H29F3N4O3. The van der Waals surface area contributed by atoms with E-state index in [9.17, 15) is 18.0 Å². The second kappa shape index (κ2) is 11.6. The highest BCUT2D eigenvalue weighted by atomic mass is 19.4. The molecule has 2 rings (SSSR count). The SMILES string of the molecule is CN(C)C(=O)CNC(=NCc1ccc(OCC(F)(F)F)cc1)NCC1CCCCO1. The summed E-state index contributed by atoms with van der Waals surface area (Å²) in [5.74, 6) is 0.518. The number of benzene rings is 1. The Balaban J connectivity index is 1.93. The van der Waals surface area contributed by atoms with E-state index in [1.54, 1.807) is 26.2 Å². The van der Waals surface area contributed by atoms with Gasteiger partial charge in [0.2, 0.25) is 5.91 Å². The van der Waals surface area contributed by atoms with Crippen LogP contribution in [0.3, 0.4) is 0 Å². The van der Waals surface area contributed by atoms with Crippen LogP contribution in [0.15, 0.2) is 29.3 Å². The van der Waals surface area contributed by atoms with E-state index in [-0.39, 0.29) is 30.9 Å². The van der Waals surface area contributed by atoms with Gasteiger partial charge in [0, 0.05) is 27.2 Å². The van der Waals surface area contributed by atoms with Crippen molar-refractivity contribution >= 4 is 11.9 Å². The van der Waals surface area contributed by atoms with Gasteiger partial charge in [-0.2, -0.15) is 13.2 Å². The molecule has 1 amide bonds. The Morgan fingerprint density at radius 1 is 1.23 bits per heavy atom. The Morgan fingerprint density at radius 2 is 1.97 bits per heavy atom. The summed E-state index contributed by atoms with van der Waals surface area (Å²) in [7, 11) is 3.35. The van der Waals surface area contributed by atoms with Crippen LogP contribution in [0.2, 0.25) is 0 Å². The average molecular weight is 430 g/mol. The van der Waals surface area contributed by atoms with Gasteiger partial charge in [-0.05, 0) is 37.0 Å². The first-order valence-electron chi connectivity index (χ1n) is 9.85. The molecule has 7 nitrogen and oxygen atoms in total. The first kappa shape index (κ1) is 23.8. The number of hydrogen-bond acceptors (Lipinski definition) is 4. The van der Waals surface area contributed by atoms with Gasteiger partial charge in [-0.15, -0.1) is 0 Å². The highest BCUT2D eigenvalue weighted by Crippen LogP contribution is 2.19. The molecule has 1 atom stereocenters. The number of hydrogen-bond donors (Lipinski definition) is 2. The zero-order valence-electron chi connectivity index (χ0n) is 17.3. The molecule has 168 valence electrons. The monoisotopic (exact) mass is 430 g/mol. The molecule has 0 saturated carbocycles. The summed E-state index contributed by atoms with van der Waals surface area (Å²) in [4.78, 5) is 17.8. The van der Waals surface area contributed by atoms with E-state index in [1.807, 2.05) is 0 Å².